The third-order valence-corrected chi connectivity index (χ3v) is 3.20. The zero-order valence-corrected chi connectivity index (χ0v) is 10.7. The van der Waals surface area contributed by atoms with Crippen LogP contribution in [-0.4, -0.2) is 35.6 Å². The Morgan fingerprint density at radius 3 is 2.72 bits per heavy atom. The van der Waals surface area contributed by atoms with Crippen LogP contribution < -0.4 is 10.2 Å². The molecule has 0 aliphatic carbocycles. The summed E-state index contributed by atoms with van der Waals surface area (Å²) in [5.41, 5.74) is 0.563. The minimum atomic E-state index is -0.388. The van der Waals surface area contributed by atoms with Crippen LogP contribution in [0.1, 0.15) is 19.0 Å². The molecule has 0 bridgehead atoms. The summed E-state index contributed by atoms with van der Waals surface area (Å²) in [6.07, 6.45) is 1.04. The van der Waals surface area contributed by atoms with Crippen molar-refractivity contribution in [1.82, 2.24) is 10.3 Å². The fraction of sp³-hybridized carbons (Fsp3) is 0.583. The van der Waals surface area contributed by atoms with E-state index in [-0.39, 0.29) is 10.6 Å². The van der Waals surface area contributed by atoms with Gasteiger partial charge in [-0.3, -0.25) is 10.1 Å². The second kappa shape index (κ2) is 5.30. The third kappa shape index (κ3) is 2.43. The molecule has 0 unspecified atom stereocenters. The first-order chi connectivity index (χ1) is 8.63. The molecule has 18 heavy (non-hydrogen) atoms. The lowest BCUT2D eigenvalue weighted by Gasteiger charge is -2.39. The van der Waals surface area contributed by atoms with Crippen LogP contribution in [0.15, 0.2) is 12.1 Å². The van der Waals surface area contributed by atoms with Crippen LogP contribution in [0.25, 0.3) is 0 Å². The van der Waals surface area contributed by atoms with Gasteiger partial charge in [0.2, 0.25) is 0 Å². The molecule has 1 saturated heterocycles. The predicted molar refractivity (Wildman–Crippen MR) is 69.9 cm³/mol. The van der Waals surface area contributed by atoms with Crippen molar-refractivity contribution in [3.8, 4) is 0 Å². The second-order valence-corrected chi connectivity index (χ2v) is 4.54. The van der Waals surface area contributed by atoms with Crippen molar-refractivity contribution in [2.75, 3.05) is 24.5 Å². The molecule has 1 aromatic heterocycles. The van der Waals surface area contributed by atoms with Crippen molar-refractivity contribution in [2.45, 2.75) is 26.3 Å². The molecule has 0 saturated carbocycles. The number of hydrogen-bond donors (Lipinski definition) is 1. The van der Waals surface area contributed by atoms with Crippen molar-refractivity contribution in [1.29, 1.82) is 0 Å². The molecule has 0 atom stereocenters. The standard InChI is InChI=1S/C12H18N4O2/c1-3-6-15(10-7-13-8-10)12-5-4-11(16(17)18)9(2)14-12/h4-5,10,13H,3,6-8H2,1-2H3. The molecule has 98 valence electrons. The largest absolute Gasteiger partial charge is 0.351 e. The number of nitro groups is 1. The van der Waals surface area contributed by atoms with Crippen LogP contribution in [-0.2, 0) is 0 Å². The number of pyridine rings is 1. The van der Waals surface area contributed by atoms with E-state index in [2.05, 4.69) is 22.1 Å². The fourth-order valence-corrected chi connectivity index (χ4v) is 2.11. The smallest absolute Gasteiger partial charge is 0.290 e. The lowest BCUT2D eigenvalue weighted by atomic mass is 10.1. The molecule has 0 radical (unpaired) electrons. The molecule has 2 heterocycles. The Balaban J connectivity index is 2.24. The number of rotatable bonds is 5. The summed E-state index contributed by atoms with van der Waals surface area (Å²) in [4.78, 5) is 17.0. The lowest BCUT2D eigenvalue weighted by Crippen LogP contribution is -2.57. The average molecular weight is 250 g/mol. The van der Waals surface area contributed by atoms with E-state index in [4.69, 9.17) is 0 Å². The Morgan fingerprint density at radius 1 is 1.56 bits per heavy atom. The van der Waals surface area contributed by atoms with E-state index < -0.39 is 0 Å². The molecule has 2 rings (SSSR count). The molecule has 6 heteroatoms. The topological polar surface area (TPSA) is 71.3 Å². The summed E-state index contributed by atoms with van der Waals surface area (Å²) in [6.45, 7) is 6.65. The first-order valence-corrected chi connectivity index (χ1v) is 6.23. The fourth-order valence-electron chi connectivity index (χ4n) is 2.11. The second-order valence-electron chi connectivity index (χ2n) is 4.54. The number of aromatic nitrogens is 1. The maximum absolute atomic E-state index is 10.8. The zero-order valence-electron chi connectivity index (χ0n) is 10.7. The molecule has 1 aromatic rings. The molecule has 1 N–H and O–H groups in total. The minimum Gasteiger partial charge on any atom is -0.351 e. The van der Waals surface area contributed by atoms with Crippen molar-refractivity contribution in [3.63, 3.8) is 0 Å². The van der Waals surface area contributed by atoms with Gasteiger partial charge >= 0.3 is 0 Å². The van der Waals surface area contributed by atoms with E-state index in [1.807, 2.05) is 0 Å². The molecular weight excluding hydrogens is 232 g/mol. The van der Waals surface area contributed by atoms with E-state index >= 15 is 0 Å². The van der Waals surface area contributed by atoms with E-state index in [0.29, 0.717) is 11.7 Å². The SMILES string of the molecule is CCCN(c1ccc([N+](=O)[O-])c(C)n1)C1CNC1. The van der Waals surface area contributed by atoms with Crippen LogP contribution in [0.2, 0.25) is 0 Å². The van der Waals surface area contributed by atoms with Gasteiger partial charge in [-0.15, -0.1) is 0 Å². The van der Waals surface area contributed by atoms with E-state index in [9.17, 15) is 10.1 Å². The molecule has 6 nitrogen and oxygen atoms in total. The van der Waals surface area contributed by atoms with Crippen LogP contribution in [0, 0.1) is 17.0 Å². The first kappa shape index (κ1) is 12.8. The molecule has 0 amide bonds. The van der Waals surface area contributed by atoms with Crippen molar-refractivity contribution >= 4 is 11.5 Å². The van der Waals surface area contributed by atoms with Gasteiger partial charge in [-0.25, -0.2) is 4.98 Å². The molecule has 0 spiro atoms. The highest BCUT2D eigenvalue weighted by molar-refractivity contribution is 5.48. The minimum absolute atomic E-state index is 0.0851. The normalized spacial score (nSPS) is 15.2. The summed E-state index contributed by atoms with van der Waals surface area (Å²) in [7, 11) is 0. The number of anilines is 1. The number of nitrogens with one attached hydrogen (secondary N) is 1. The molecule has 1 fully saturated rings. The lowest BCUT2D eigenvalue weighted by molar-refractivity contribution is -0.385. The zero-order chi connectivity index (χ0) is 13.1. The molecule has 1 aliphatic heterocycles. The van der Waals surface area contributed by atoms with Crippen LogP contribution in [0.4, 0.5) is 11.5 Å². The van der Waals surface area contributed by atoms with Gasteiger partial charge in [-0.2, -0.15) is 0 Å². The van der Waals surface area contributed by atoms with Gasteiger partial charge in [0.05, 0.1) is 11.0 Å². The van der Waals surface area contributed by atoms with Gasteiger partial charge in [-0.1, -0.05) is 6.92 Å². The van der Waals surface area contributed by atoms with Gasteiger partial charge in [-0.05, 0) is 19.4 Å². The molecular formula is C12H18N4O2. The summed E-state index contributed by atoms with van der Waals surface area (Å²) < 4.78 is 0. The molecule has 0 aromatic carbocycles. The summed E-state index contributed by atoms with van der Waals surface area (Å²) in [5, 5.41) is 14.0. The Bertz CT molecular complexity index is 446. The average Bonchev–Trinajstić information content (AvgIpc) is 2.25. The van der Waals surface area contributed by atoms with Gasteiger partial charge in [0.25, 0.3) is 5.69 Å². The maximum atomic E-state index is 10.8. The maximum Gasteiger partial charge on any atom is 0.290 e. The van der Waals surface area contributed by atoms with Crippen LogP contribution >= 0.6 is 0 Å². The van der Waals surface area contributed by atoms with E-state index in [0.717, 1.165) is 31.9 Å². The quantitative estimate of drug-likeness (QED) is 0.633. The number of nitrogens with zero attached hydrogens (tertiary/aromatic N) is 3. The Morgan fingerprint density at radius 2 is 2.28 bits per heavy atom. The highest BCUT2D eigenvalue weighted by Gasteiger charge is 2.26. The van der Waals surface area contributed by atoms with Crippen molar-refractivity contribution in [2.24, 2.45) is 0 Å². The summed E-state index contributed by atoms with van der Waals surface area (Å²) >= 11 is 0. The van der Waals surface area contributed by atoms with Crippen molar-refractivity contribution in [3.05, 3.63) is 27.9 Å². The van der Waals surface area contributed by atoms with Gasteiger partial charge in [0, 0.05) is 25.7 Å². The number of aryl methyl sites for hydroxylation is 1. The number of hydrogen-bond acceptors (Lipinski definition) is 5. The summed E-state index contributed by atoms with van der Waals surface area (Å²) in [5.74, 6) is 0.839. The van der Waals surface area contributed by atoms with Gasteiger partial charge in [0.1, 0.15) is 11.5 Å². The predicted octanol–water partition coefficient (Wildman–Crippen LogP) is 1.49. The van der Waals surface area contributed by atoms with Gasteiger partial charge in [0.15, 0.2) is 0 Å². The van der Waals surface area contributed by atoms with E-state index in [1.165, 1.54) is 0 Å². The van der Waals surface area contributed by atoms with Crippen molar-refractivity contribution < 1.29 is 4.92 Å². The van der Waals surface area contributed by atoms with Gasteiger partial charge < -0.3 is 10.2 Å². The Kier molecular flexibility index (Phi) is 3.76. The highest BCUT2D eigenvalue weighted by atomic mass is 16.6. The summed E-state index contributed by atoms with van der Waals surface area (Å²) in [6, 6.07) is 3.75. The molecule has 1 aliphatic rings. The van der Waals surface area contributed by atoms with E-state index in [1.54, 1.807) is 19.1 Å². The first-order valence-electron chi connectivity index (χ1n) is 6.23. The monoisotopic (exact) mass is 250 g/mol. The van der Waals surface area contributed by atoms with Crippen LogP contribution in [0.5, 0.6) is 0 Å². The highest BCUT2D eigenvalue weighted by Crippen LogP contribution is 2.23. The Labute approximate surface area is 106 Å². The Hall–Kier alpha value is -1.69. The van der Waals surface area contributed by atoms with Crippen LogP contribution in [0.3, 0.4) is 0 Å². The third-order valence-electron chi connectivity index (χ3n) is 3.20.